The van der Waals surface area contributed by atoms with Crippen LogP contribution in [0.3, 0.4) is 0 Å². The lowest BCUT2D eigenvalue weighted by Gasteiger charge is -2.36. The van der Waals surface area contributed by atoms with Crippen LogP contribution in [0.15, 0.2) is 42.7 Å². The van der Waals surface area contributed by atoms with Crippen molar-refractivity contribution in [1.29, 1.82) is 0 Å². The average Bonchev–Trinajstić information content (AvgIpc) is 3.04. The second kappa shape index (κ2) is 7.02. The fourth-order valence-corrected chi connectivity index (χ4v) is 3.59. The average molecular weight is 366 g/mol. The summed E-state index contributed by atoms with van der Waals surface area (Å²) in [6, 6.07) is 10.9. The zero-order valence-corrected chi connectivity index (χ0v) is 15.7. The van der Waals surface area contributed by atoms with Gasteiger partial charge < -0.3 is 14.4 Å². The van der Waals surface area contributed by atoms with Crippen molar-refractivity contribution < 1.29 is 9.18 Å². The van der Waals surface area contributed by atoms with E-state index in [-0.39, 0.29) is 18.3 Å². The molecule has 1 saturated heterocycles. The molecule has 5 nitrogen and oxygen atoms in total. The first-order valence-corrected chi connectivity index (χ1v) is 9.22. The molecule has 27 heavy (non-hydrogen) atoms. The number of halogens is 1. The van der Waals surface area contributed by atoms with Crippen molar-refractivity contribution in [3.05, 3.63) is 59.7 Å². The number of amides is 1. The molecule has 3 aromatic rings. The van der Waals surface area contributed by atoms with Gasteiger partial charge in [-0.3, -0.25) is 4.79 Å². The van der Waals surface area contributed by atoms with Crippen molar-refractivity contribution in [2.75, 3.05) is 31.1 Å². The number of rotatable bonds is 3. The number of fused-ring (bicyclic) bond motifs is 1. The van der Waals surface area contributed by atoms with Crippen molar-refractivity contribution in [3.8, 4) is 0 Å². The predicted octanol–water partition coefficient (Wildman–Crippen LogP) is 3.14. The topological polar surface area (TPSA) is 41.4 Å². The van der Waals surface area contributed by atoms with E-state index in [1.807, 2.05) is 20.4 Å². The van der Waals surface area contributed by atoms with Crippen LogP contribution < -0.4 is 4.90 Å². The molecule has 1 aliphatic rings. The number of aryl methyl sites for hydroxylation is 2. The second-order valence-corrected chi connectivity index (χ2v) is 7.12. The van der Waals surface area contributed by atoms with Crippen molar-refractivity contribution in [3.63, 3.8) is 0 Å². The maximum atomic E-state index is 14.0. The predicted molar refractivity (Wildman–Crippen MR) is 104 cm³/mol. The Morgan fingerprint density at radius 1 is 1.07 bits per heavy atom. The summed E-state index contributed by atoms with van der Waals surface area (Å²) >= 11 is 0. The Labute approximate surface area is 158 Å². The minimum Gasteiger partial charge on any atom is -0.366 e. The van der Waals surface area contributed by atoms with Crippen LogP contribution in [-0.4, -0.2) is 46.5 Å². The molecule has 4 rings (SSSR count). The van der Waals surface area contributed by atoms with Crippen LogP contribution in [0.25, 0.3) is 11.0 Å². The van der Waals surface area contributed by atoms with Crippen LogP contribution in [0.5, 0.6) is 0 Å². The Bertz CT molecular complexity index is 989. The van der Waals surface area contributed by atoms with E-state index in [4.69, 9.17) is 0 Å². The normalized spacial score (nSPS) is 14.8. The Morgan fingerprint density at radius 3 is 2.52 bits per heavy atom. The van der Waals surface area contributed by atoms with Crippen LogP contribution >= 0.6 is 0 Å². The lowest BCUT2D eigenvalue weighted by atomic mass is 10.1. The number of anilines is 1. The van der Waals surface area contributed by atoms with Gasteiger partial charge >= 0.3 is 0 Å². The molecule has 0 N–H and O–H groups in total. The number of benzene rings is 2. The summed E-state index contributed by atoms with van der Waals surface area (Å²) in [5, 5.41) is 0. The highest BCUT2D eigenvalue weighted by Gasteiger charge is 2.23. The molecule has 0 radical (unpaired) electrons. The zero-order valence-electron chi connectivity index (χ0n) is 15.7. The van der Waals surface area contributed by atoms with Crippen molar-refractivity contribution in [2.45, 2.75) is 20.4 Å². The second-order valence-electron chi connectivity index (χ2n) is 7.12. The van der Waals surface area contributed by atoms with E-state index in [0.29, 0.717) is 31.9 Å². The van der Waals surface area contributed by atoms with Gasteiger partial charge in [-0.05, 0) is 49.2 Å². The van der Waals surface area contributed by atoms with Crippen LogP contribution in [0, 0.1) is 19.7 Å². The van der Waals surface area contributed by atoms with Gasteiger partial charge in [0.1, 0.15) is 12.4 Å². The lowest BCUT2D eigenvalue weighted by molar-refractivity contribution is -0.132. The summed E-state index contributed by atoms with van der Waals surface area (Å²) in [4.78, 5) is 21.0. The molecule has 0 spiro atoms. The SMILES string of the molecule is Cc1cc2ncn(CC(=O)N3CCN(c4ccccc4F)CC3)c2cc1C. The smallest absolute Gasteiger partial charge is 0.242 e. The summed E-state index contributed by atoms with van der Waals surface area (Å²) in [5.41, 5.74) is 4.89. The van der Waals surface area contributed by atoms with Gasteiger partial charge in [0.05, 0.1) is 23.0 Å². The number of carbonyl (C=O) groups is 1. The monoisotopic (exact) mass is 366 g/mol. The third kappa shape index (κ3) is 3.39. The van der Waals surface area contributed by atoms with E-state index >= 15 is 0 Å². The molecule has 2 aromatic carbocycles. The number of carbonyl (C=O) groups excluding carboxylic acids is 1. The summed E-state index contributed by atoms with van der Waals surface area (Å²) in [6.45, 7) is 6.86. The van der Waals surface area contributed by atoms with E-state index in [1.54, 1.807) is 18.5 Å². The van der Waals surface area contributed by atoms with E-state index in [9.17, 15) is 9.18 Å². The largest absolute Gasteiger partial charge is 0.366 e. The van der Waals surface area contributed by atoms with E-state index in [1.165, 1.54) is 17.2 Å². The highest BCUT2D eigenvalue weighted by Crippen LogP contribution is 2.21. The van der Waals surface area contributed by atoms with Crippen LogP contribution in [0.1, 0.15) is 11.1 Å². The number of aromatic nitrogens is 2. The number of hydrogen-bond acceptors (Lipinski definition) is 3. The molecule has 0 bridgehead atoms. The molecule has 1 amide bonds. The van der Waals surface area contributed by atoms with Gasteiger partial charge in [-0.2, -0.15) is 0 Å². The fourth-order valence-electron chi connectivity index (χ4n) is 3.59. The molecular formula is C21H23FN4O. The van der Waals surface area contributed by atoms with E-state index < -0.39 is 0 Å². The van der Waals surface area contributed by atoms with Gasteiger partial charge in [0.15, 0.2) is 0 Å². The van der Waals surface area contributed by atoms with E-state index in [2.05, 4.69) is 31.0 Å². The van der Waals surface area contributed by atoms with Gasteiger partial charge in [0, 0.05) is 26.2 Å². The molecule has 1 aromatic heterocycles. The van der Waals surface area contributed by atoms with Crippen molar-refractivity contribution in [2.24, 2.45) is 0 Å². The summed E-state index contributed by atoms with van der Waals surface area (Å²) in [5.74, 6) is -0.145. The molecule has 0 saturated carbocycles. The molecule has 0 unspecified atom stereocenters. The van der Waals surface area contributed by atoms with Crippen molar-refractivity contribution >= 4 is 22.6 Å². The molecule has 6 heteroatoms. The summed E-state index contributed by atoms with van der Waals surface area (Å²) in [6.07, 6.45) is 1.73. The van der Waals surface area contributed by atoms with E-state index in [0.717, 1.165) is 11.0 Å². The third-order valence-corrected chi connectivity index (χ3v) is 5.37. The molecule has 140 valence electrons. The Balaban J connectivity index is 1.43. The van der Waals surface area contributed by atoms with Gasteiger partial charge in [0.2, 0.25) is 5.91 Å². The number of para-hydroxylation sites is 1. The van der Waals surface area contributed by atoms with Crippen LogP contribution in [0.4, 0.5) is 10.1 Å². The van der Waals surface area contributed by atoms with Gasteiger partial charge in [-0.1, -0.05) is 12.1 Å². The Hall–Kier alpha value is -2.89. The highest BCUT2D eigenvalue weighted by atomic mass is 19.1. The Morgan fingerprint density at radius 2 is 1.78 bits per heavy atom. The zero-order chi connectivity index (χ0) is 19.0. The molecule has 1 aliphatic heterocycles. The minimum absolute atomic E-state index is 0.0701. The van der Waals surface area contributed by atoms with Crippen molar-refractivity contribution in [1.82, 2.24) is 14.5 Å². The third-order valence-electron chi connectivity index (χ3n) is 5.37. The van der Waals surface area contributed by atoms with Gasteiger partial charge in [-0.25, -0.2) is 9.37 Å². The number of hydrogen-bond donors (Lipinski definition) is 0. The number of imidazole rings is 1. The number of piperazine rings is 1. The Kier molecular flexibility index (Phi) is 4.56. The first-order valence-electron chi connectivity index (χ1n) is 9.22. The molecule has 2 heterocycles. The lowest BCUT2D eigenvalue weighted by Crippen LogP contribution is -2.49. The first kappa shape index (κ1) is 17.5. The highest BCUT2D eigenvalue weighted by molar-refractivity contribution is 5.81. The van der Waals surface area contributed by atoms with Crippen LogP contribution in [0.2, 0.25) is 0 Å². The van der Waals surface area contributed by atoms with Gasteiger partial charge in [-0.15, -0.1) is 0 Å². The fraction of sp³-hybridized carbons (Fsp3) is 0.333. The first-order chi connectivity index (χ1) is 13.0. The maximum Gasteiger partial charge on any atom is 0.242 e. The van der Waals surface area contributed by atoms with Crippen LogP contribution in [-0.2, 0) is 11.3 Å². The maximum absolute atomic E-state index is 14.0. The summed E-state index contributed by atoms with van der Waals surface area (Å²) in [7, 11) is 0. The molecule has 0 atom stereocenters. The summed E-state index contributed by atoms with van der Waals surface area (Å²) < 4.78 is 15.9. The standard InChI is InChI=1S/C21H23FN4O/c1-15-11-18-20(12-16(15)2)26(14-23-18)13-21(27)25-9-7-24(8-10-25)19-6-4-3-5-17(19)22/h3-6,11-12,14H,7-10,13H2,1-2H3. The number of nitrogens with zero attached hydrogens (tertiary/aromatic N) is 4. The minimum atomic E-state index is -0.215. The molecule has 1 fully saturated rings. The quantitative estimate of drug-likeness (QED) is 0.715. The van der Waals surface area contributed by atoms with Gasteiger partial charge in [0.25, 0.3) is 0 Å². The molecular weight excluding hydrogens is 343 g/mol. The molecule has 0 aliphatic carbocycles.